The van der Waals surface area contributed by atoms with Crippen molar-refractivity contribution < 1.29 is 29.1 Å². The van der Waals surface area contributed by atoms with E-state index in [-0.39, 0.29) is 35.9 Å². The van der Waals surface area contributed by atoms with Gasteiger partial charge in [0.1, 0.15) is 5.75 Å². The first-order valence-corrected chi connectivity index (χ1v) is 15.6. The van der Waals surface area contributed by atoms with Crippen molar-refractivity contribution in [1.29, 1.82) is 0 Å². The second kappa shape index (κ2) is 12.7. The molecule has 3 heterocycles. The van der Waals surface area contributed by atoms with Gasteiger partial charge in [0.2, 0.25) is 11.8 Å². The molecule has 2 amide bonds. The standard InChI is InChI=1S/C30H35BBrNO6S/c1-3-5-18(12-19-13-21(32)8-9-25(19)34)7-10-26-27-20(17-38-2)14-23-28(24(27)15-31(37)39-26)30(36)33(29(23)35)16-22-6-4-11-40-22/h4,6,8-9,11-13,23-24,26,28,34,37H,3,5,7,10,14-17H2,1-2H3/b18-12+/t23-,24+,26-,28-/m1/s1. The van der Waals surface area contributed by atoms with Crippen molar-refractivity contribution in [1.82, 2.24) is 4.90 Å². The highest BCUT2D eigenvalue weighted by molar-refractivity contribution is 9.10. The van der Waals surface area contributed by atoms with Crippen LogP contribution < -0.4 is 0 Å². The predicted octanol–water partition coefficient (Wildman–Crippen LogP) is 5.82. The molecule has 1 aliphatic carbocycles. The summed E-state index contributed by atoms with van der Waals surface area (Å²) in [5, 5.41) is 23.1. The first-order chi connectivity index (χ1) is 19.3. The zero-order valence-electron chi connectivity index (χ0n) is 22.8. The number of methoxy groups -OCH3 is 1. The molecule has 2 fully saturated rings. The van der Waals surface area contributed by atoms with Gasteiger partial charge in [0, 0.05) is 22.0 Å². The number of phenolic OH excluding ortho intramolecular Hbond substituents is 1. The van der Waals surface area contributed by atoms with Crippen LogP contribution in [0.2, 0.25) is 6.32 Å². The van der Waals surface area contributed by atoms with Gasteiger partial charge in [-0.1, -0.05) is 47.0 Å². The number of allylic oxidation sites excluding steroid dienone is 1. The molecule has 1 aromatic heterocycles. The van der Waals surface area contributed by atoms with E-state index in [1.54, 1.807) is 19.2 Å². The van der Waals surface area contributed by atoms with E-state index in [1.807, 2.05) is 29.7 Å². The number of ether oxygens (including phenoxy) is 1. The molecule has 2 saturated heterocycles. The molecule has 0 radical (unpaired) electrons. The number of halogens is 1. The average molecular weight is 628 g/mol. The van der Waals surface area contributed by atoms with Crippen molar-refractivity contribution in [2.24, 2.45) is 17.8 Å². The zero-order chi connectivity index (χ0) is 28.4. The summed E-state index contributed by atoms with van der Waals surface area (Å²) in [6.45, 7) is 2.78. The highest BCUT2D eigenvalue weighted by Crippen LogP contribution is 2.51. The van der Waals surface area contributed by atoms with Crippen LogP contribution in [0.1, 0.15) is 49.5 Å². The fourth-order valence-electron chi connectivity index (χ4n) is 6.62. The number of fused-ring (bicyclic) bond motifs is 3. The van der Waals surface area contributed by atoms with E-state index >= 15 is 0 Å². The van der Waals surface area contributed by atoms with Crippen LogP contribution >= 0.6 is 27.3 Å². The molecule has 2 aliphatic heterocycles. The van der Waals surface area contributed by atoms with E-state index in [9.17, 15) is 19.7 Å². The van der Waals surface area contributed by atoms with E-state index in [1.165, 1.54) is 21.8 Å². The lowest BCUT2D eigenvalue weighted by Crippen LogP contribution is -2.46. The van der Waals surface area contributed by atoms with Crippen molar-refractivity contribution in [2.75, 3.05) is 13.7 Å². The van der Waals surface area contributed by atoms with Crippen LogP contribution in [0.4, 0.5) is 0 Å². The largest absolute Gasteiger partial charge is 0.507 e. The molecule has 0 saturated carbocycles. The lowest BCUT2D eigenvalue weighted by atomic mass is 9.58. The number of rotatable bonds is 10. The Hall–Kier alpha value is -2.24. The molecular formula is C30H35BBrNO6S. The van der Waals surface area contributed by atoms with Gasteiger partial charge < -0.3 is 19.5 Å². The molecule has 2 N–H and O–H groups in total. The van der Waals surface area contributed by atoms with Crippen LogP contribution in [0.5, 0.6) is 5.75 Å². The maximum Gasteiger partial charge on any atom is 0.455 e. The minimum atomic E-state index is -1.01. The summed E-state index contributed by atoms with van der Waals surface area (Å²) in [5.41, 5.74) is 3.96. The molecule has 4 atom stereocenters. The van der Waals surface area contributed by atoms with Crippen molar-refractivity contribution >= 4 is 52.3 Å². The molecule has 5 rings (SSSR count). The number of carbonyl (C=O) groups excluding carboxylic acids is 2. The summed E-state index contributed by atoms with van der Waals surface area (Å²) in [7, 11) is 0.628. The topological polar surface area (TPSA) is 96.3 Å². The van der Waals surface area contributed by atoms with Crippen molar-refractivity contribution in [2.45, 2.75) is 58.0 Å². The molecule has 7 nitrogen and oxygen atoms in total. The smallest absolute Gasteiger partial charge is 0.455 e. The van der Waals surface area contributed by atoms with Gasteiger partial charge in [0.25, 0.3) is 0 Å². The number of phenols is 1. The SMILES string of the molecule is CCC/C(=C\c1cc(Br)ccc1O)CC[C@H]1OB(O)C[C@H]2C1=C(COC)C[C@H]1C(=O)N(Cc3cccs3)C(=O)[C@H]12. The molecule has 2 aromatic rings. The van der Waals surface area contributed by atoms with Crippen LogP contribution in [0.3, 0.4) is 0 Å². The van der Waals surface area contributed by atoms with Gasteiger partial charge >= 0.3 is 7.12 Å². The molecular weight excluding hydrogens is 593 g/mol. The van der Waals surface area contributed by atoms with E-state index in [4.69, 9.17) is 9.39 Å². The van der Waals surface area contributed by atoms with Gasteiger partial charge in [0.05, 0.1) is 31.1 Å². The van der Waals surface area contributed by atoms with Gasteiger partial charge in [-0.15, -0.1) is 11.3 Å². The summed E-state index contributed by atoms with van der Waals surface area (Å²) in [6.07, 6.45) is 5.55. The van der Waals surface area contributed by atoms with Crippen LogP contribution in [0.25, 0.3) is 6.08 Å². The van der Waals surface area contributed by atoms with Gasteiger partial charge in [-0.05, 0) is 78.7 Å². The third-order valence-electron chi connectivity index (χ3n) is 8.26. The Morgan fingerprint density at radius 3 is 2.80 bits per heavy atom. The van der Waals surface area contributed by atoms with Crippen molar-refractivity contribution in [3.63, 3.8) is 0 Å². The highest BCUT2D eigenvalue weighted by Gasteiger charge is 2.57. The minimum absolute atomic E-state index is 0.129. The first-order valence-electron chi connectivity index (χ1n) is 13.9. The number of imide groups is 1. The van der Waals surface area contributed by atoms with Crippen molar-refractivity contribution in [3.05, 3.63) is 67.3 Å². The average Bonchev–Trinajstić information content (AvgIpc) is 3.52. The van der Waals surface area contributed by atoms with Crippen LogP contribution in [0.15, 0.2) is 56.9 Å². The number of thiophene rings is 1. The Labute approximate surface area is 248 Å². The number of likely N-dealkylation sites (tertiary alicyclic amines) is 1. The Morgan fingerprint density at radius 1 is 1.25 bits per heavy atom. The summed E-state index contributed by atoms with van der Waals surface area (Å²) in [5.74, 6) is -1.25. The molecule has 40 heavy (non-hydrogen) atoms. The molecule has 0 bridgehead atoms. The fourth-order valence-corrected chi connectivity index (χ4v) is 7.69. The third kappa shape index (κ3) is 6.02. The fraction of sp³-hybridized carbons (Fsp3) is 0.467. The van der Waals surface area contributed by atoms with E-state index in [2.05, 4.69) is 22.9 Å². The Bertz CT molecular complexity index is 1310. The predicted molar refractivity (Wildman–Crippen MR) is 159 cm³/mol. The first kappa shape index (κ1) is 29.3. The number of hydrogen-bond acceptors (Lipinski definition) is 7. The summed E-state index contributed by atoms with van der Waals surface area (Å²) >= 11 is 5.02. The Morgan fingerprint density at radius 2 is 2.08 bits per heavy atom. The summed E-state index contributed by atoms with van der Waals surface area (Å²) in [4.78, 5) is 29.6. The van der Waals surface area contributed by atoms with Crippen molar-refractivity contribution in [3.8, 4) is 5.75 Å². The maximum absolute atomic E-state index is 13.7. The number of amides is 2. The number of carbonyl (C=O) groups is 2. The van der Waals surface area contributed by atoms with Gasteiger partial charge in [-0.2, -0.15) is 0 Å². The quantitative estimate of drug-likeness (QED) is 0.196. The van der Waals surface area contributed by atoms with Crippen LogP contribution in [-0.4, -0.2) is 53.8 Å². The maximum atomic E-state index is 13.7. The van der Waals surface area contributed by atoms with Gasteiger partial charge in [-0.3, -0.25) is 14.5 Å². The number of aromatic hydroxyl groups is 1. The number of hydrogen-bond donors (Lipinski definition) is 2. The van der Waals surface area contributed by atoms with Gasteiger partial charge in [0.15, 0.2) is 0 Å². The molecule has 0 spiro atoms. The molecule has 1 aromatic carbocycles. The molecule has 212 valence electrons. The number of benzene rings is 1. The summed E-state index contributed by atoms with van der Waals surface area (Å²) < 4.78 is 12.6. The lowest BCUT2D eigenvalue weighted by molar-refractivity contribution is -0.140. The van der Waals surface area contributed by atoms with Crippen LogP contribution in [0, 0.1) is 17.8 Å². The van der Waals surface area contributed by atoms with Gasteiger partial charge in [-0.25, -0.2) is 0 Å². The highest BCUT2D eigenvalue weighted by atomic mass is 79.9. The van der Waals surface area contributed by atoms with E-state index < -0.39 is 19.0 Å². The monoisotopic (exact) mass is 627 g/mol. The van der Waals surface area contributed by atoms with Crippen LogP contribution in [-0.2, 0) is 25.5 Å². The molecule has 10 heteroatoms. The summed E-state index contributed by atoms with van der Waals surface area (Å²) in [6, 6.07) is 9.24. The van der Waals surface area contributed by atoms with E-state index in [0.29, 0.717) is 32.4 Å². The second-order valence-corrected chi connectivity index (χ2v) is 12.8. The second-order valence-electron chi connectivity index (χ2n) is 10.9. The molecule has 0 unspecified atom stereocenters. The Balaban J connectivity index is 1.42. The molecule has 3 aliphatic rings. The minimum Gasteiger partial charge on any atom is -0.507 e. The third-order valence-corrected chi connectivity index (χ3v) is 9.61. The Kier molecular flexibility index (Phi) is 9.32. The normalized spacial score (nSPS) is 25.1. The zero-order valence-corrected chi connectivity index (χ0v) is 25.2. The number of nitrogens with zero attached hydrogens (tertiary/aromatic N) is 1. The van der Waals surface area contributed by atoms with E-state index in [0.717, 1.165) is 38.9 Å². The lowest BCUT2D eigenvalue weighted by Gasteiger charge is -2.43.